The number of imidazole rings is 1. The maximum atomic E-state index is 6.77. The Hall–Kier alpha value is -6.55. The van der Waals surface area contributed by atoms with Crippen molar-refractivity contribution in [3.05, 3.63) is 203 Å². The van der Waals surface area contributed by atoms with E-state index in [1.54, 1.807) is 0 Å². The van der Waals surface area contributed by atoms with E-state index in [4.69, 9.17) is 9.72 Å². The molecule has 0 saturated heterocycles. The zero-order valence-electron chi connectivity index (χ0n) is 32.5. The summed E-state index contributed by atoms with van der Waals surface area (Å²) in [6.45, 7) is 3.15. The third-order valence-corrected chi connectivity index (χ3v) is 13.0. The summed E-state index contributed by atoms with van der Waals surface area (Å²) in [5.74, 6) is 3.85. The van der Waals surface area contributed by atoms with Gasteiger partial charge in [0.1, 0.15) is 0 Å². The van der Waals surface area contributed by atoms with Crippen molar-refractivity contribution in [3.8, 4) is 56.3 Å². The first-order valence-electron chi connectivity index (χ1n) is 20.2. The number of para-hydroxylation sites is 3. The van der Waals surface area contributed by atoms with Crippen LogP contribution in [0, 0.1) is 16.6 Å². The molecule has 0 N–H and O–H groups in total. The van der Waals surface area contributed by atoms with E-state index in [-0.39, 0.29) is 0 Å². The summed E-state index contributed by atoms with van der Waals surface area (Å²) in [5, 5.41) is 0. The molecule has 7 aromatic carbocycles. The molecule has 2 aromatic heterocycles. The van der Waals surface area contributed by atoms with Crippen molar-refractivity contribution in [2.24, 2.45) is 5.92 Å². The van der Waals surface area contributed by atoms with E-state index in [9.17, 15) is 0 Å². The zero-order chi connectivity index (χ0) is 39.5. The number of anilines is 2. The van der Waals surface area contributed by atoms with Crippen LogP contribution in [-0.2, 0) is 19.4 Å². The molecule has 11 rings (SSSR count). The van der Waals surface area contributed by atoms with Crippen LogP contribution in [0.3, 0.4) is 0 Å². The fourth-order valence-corrected chi connectivity index (χ4v) is 10.1. The molecule has 0 spiro atoms. The van der Waals surface area contributed by atoms with Gasteiger partial charge in [-0.1, -0.05) is 30.3 Å². The summed E-state index contributed by atoms with van der Waals surface area (Å²) in [6, 6.07) is 64.6. The van der Waals surface area contributed by atoms with Crippen LogP contribution in [0.5, 0.6) is 11.5 Å². The van der Waals surface area contributed by atoms with Crippen molar-refractivity contribution in [2.75, 3.05) is 11.4 Å². The predicted molar refractivity (Wildman–Crippen MR) is 235 cm³/mol. The molecule has 2 atom stereocenters. The zero-order valence-corrected chi connectivity index (χ0v) is 34.8. The Morgan fingerprint density at radius 3 is 1.83 bits per heavy atom. The van der Waals surface area contributed by atoms with E-state index < -0.39 is 0 Å². The second kappa shape index (κ2) is 14.7. The van der Waals surface area contributed by atoms with Gasteiger partial charge >= 0.3 is 297 Å². The van der Waals surface area contributed by atoms with Gasteiger partial charge in [-0.2, -0.15) is 0 Å². The average Bonchev–Trinajstić information content (AvgIpc) is 4.02. The second-order valence-electron chi connectivity index (χ2n) is 15.6. The van der Waals surface area contributed by atoms with Gasteiger partial charge in [-0.15, -0.1) is 0 Å². The Labute approximate surface area is 354 Å². The van der Waals surface area contributed by atoms with Crippen molar-refractivity contribution in [2.45, 2.75) is 19.3 Å². The number of aryl methyl sites for hydroxylation is 1. The molecule has 6 heteroatoms. The average molecular weight is 944 g/mol. The molecule has 0 bridgehead atoms. The number of benzene rings is 7. The van der Waals surface area contributed by atoms with Gasteiger partial charge in [-0.3, -0.25) is 0 Å². The minimum atomic E-state index is 0.605. The van der Waals surface area contributed by atoms with Crippen molar-refractivity contribution < 1.29 is 24.1 Å². The summed E-state index contributed by atoms with van der Waals surface area (Å²) in [7, 11) is 0. The molecule has 288 valence electrons. The number of fused-ring (bicyclic) bond motifs is 4. The van der Waals surface area contributed by atoms with E-state index in [1.807, 2.05) is 6.20 Å². The molecule has 3 heterocycles. The molecule has 59 heavy (non-hydrogen) atoms. The molecule has 9 aromatic rings. The maximum absolute atomic E-state index is 6.77. The van der Waals surface area contributed by atoms with Crippen LogP contribution in [0.1, 0.15) is 23.5 Å². The molecule has 0 amide bonds. The summed E-state index contributed by atoms with van der Waals surface area (Å²) >= 11 is 2.50. The van der Waals surface area contributed by atoms with E-state index in [2.05, 4.69) is 222 Å². The first kappa shape index (κ1) is 35.6. The van der Waals surface area contributed by atoms with Crippen LogP contribution in [0.25, 0.3) is 55.8 Å². The van der Waals surface area contributed by atoms with Gasteiger partial charge in [0.05, 0.1) is 0 Å². The number of hydrogen-bond donors (Lipinski definition) is 0. The van der Waals surface area contributed by atoms with Gasteiger partial charge in [0, 0.05) is 11.8 Å². The second-order valence-corrected chi connectivity index (χ2v) is 16.6. The predicted octanol–water partition coefficient (Wildman–Crippen LogP) is 13.3. The Morgan fingerprint density at radius 1 is 0.576 bits per heavy atom. The summed E-state index contributed by atoms with van der Waals surface area (Å²) in [6.07, 6.45) is 3.25. The number of rotatable bonds is 8. The third-order valence-electron chi connectivity index (χ3n) is 11.9. The fraction of sp³-hybridized carbons (Fsp3) is 0.0943. The van der Waals surface area contributed by atoms with Gasteiger partial charge in [-0.05, 0) is 18.1 Å². The van der Waals surface area contributed by atoms with E-state index in [1.165, 1.54) is 56.6 Å². The standard InChI is InChI=1S/C53H40N4O.Pt/c1-36-29-52(54-33-48(36)39-19-9-4-10-20-39)55-34-40-30-47(40)46-28-27-43(32-51(46)55)58-42-22-13-21-41(31-42)56-35-57(50-26-12-11-25-49(50)56)53-44(37-15-5-2-6-16-37)23-14-24-45(53)38-17-7-3-8-18-38;/h2-29,31-33,40,47H,30,34H2,1H3;. The molecular weight excluding hydrogens is 904 g/mol. The monoisotopic (exact) mass is 943 g/mol. The minimum Gasteiger partial charge on any atom is -0.0622 e. The van der Waals surface area contributed by atoms with Crippen molar-refractivity contribution >= 4 is 22.5 Å². The molecule has 1 fully saturated rings. The van der Waals surface area contributed by atoms with Crippen LogP contribution >= 0.6 is 0 Å². The van der Waals surface area contributed by atoms with Gasteiger partial charge < -0.3 is 0 Å². The van der Waals surface area contributed by atoms with Gasteiger partial charge in [0.2, 0.25) is 0 Å². The number of hydrogen-bond acceptors (Lipinski definition) is 3. The van der Waals surface area contributed by atoms with Crippen LogP contribution in [0.2, 0.25) is 0 Å². The van der Waals surface area contributed by atoms with Crippen molar-refractivity contribution in [1.29, 1.82) is 0 Å². The molecule has 2 unspecified atom stereocenters. The van der Waals surface area contributed by atoms with Gasteiger partial charge in [-0.25, -0.2) is 0 Å². The SMILES string of the molecule is Cc1cc(N2CC3CC3c3ccc(Oc4cccc(-n5[c](=[Pt])n(-c6c(-c7ccccc7)cccc6-c6ccccc6)c6ccccc65)c4)cc32)ncc1-c1ccccc1. The first-order valence-corrected chi connectivity index (χ1v) is 21.4. The van der Waals surface area contributed by atoms with Crippen LogP contribution in [-0.4, -0.2) is 20.7 Å². The third kappa shape index (κ3) is 6.38. The number of nitrogens with zero attached hydrogens (tertiary/aromatic N) is 4. The van der Waals surface area contributed by atoms with Crippen LogP contribution in [0.4, 0.5) is 11.5 Å². The Kier molecular flexibility index (Phi) is 8.86. The fourth-order valence-electron chi connectivity index (χ4n) is 9.00. The molecule has 1 aliphatic heterocycles. The molecule has 0 radical (unpaired) electrons. The normalized spacial score (nSPS) is 15.5. The minimum absolute atomic E-state index is 0.605. The van der Waals surface area contributed by atoms with E-state index in [0.29, 0.717) is 11.8 Å². The number of pyridine rings is 1. The molecule has 2 aliphatic rings. The van der Waals surface area contributed by atoms with Crippen molar-refractivity contribution in [3.63, 3.8) is 0 Å². The van der Waals surface area contributed by atoms with Gasteiger partial charge in [0.15, 0.2) is 0 Å². The summed E-state index contributed by atoms with van der Waals surface area (Å²) in [5.41, 5.74) is 15.3. The molecule has 5 nitrogen and oxygen atoms in total. The summed E-state index contributed by atoms with van der Waals surface area (Å²) < 4.78 is 12.6. The van der Waals surface area contributed by atoms with Crippen LogP contribution in [0.15, 0.2) is 188 Å². The van der Waals surface area contributed by atoms with E-state index >= 15 is 0 Å². The Bertz CT molecular complexity index is 3020. The van der Waals surface area contributed by atoms with Crippen LogP contribution < -0.4 is 9.64 Å². The number of ether oxygens (including phenoxy) is 1. The first-order chi connectivity index (χ1) is 29.1. The molecule has 1 aliphatic carbocycles. The Morgan fingerprint density at radius 2 is 1.17 bits per heavy atom. The quantitative estimate of drug-likeness (QED) is 0.152. The number of aromatic nitrogens is 3. The topological polar surface area (TPSA) is 35.2 Å². The Balaban J connectivity index is 0.982. The smallest absolute Gasteiger partial charge is 0.0622 e. The molecular formula is C53H40N4OPt. The molecule has 1 saturated carbocycles. The van der Waals surface area contributed by atoms with Gasteiger partial charge in [0.25, 0.3) is 0 Å². The van der Waals surface area contributed by atoms with Crippen molar-refractivity contribution in [1.82, 2.24) is 14.1 Å². The summed E-state index contributed by atoms with van der Waals surface area (Å²) in [4.78, 5) is 7.43. The van der Waals surface area contributed by atoms with E-state index in [0.717, 1.165) is 50.1 Å².